The van der Waals surface area contributed by atoms with E-state index in [0.717, 1.165) is 0 Å². The summed E-state index contributed by atoms with van der Waals surface area (Å²) in [5, 5.41) is 0. The minimum atomic E-state index is 1.27. The summed E-state index contributed by atoms with van der Waals surface area (Å²) in [6.45, 7) is 4.22. The zero-order valence-electron chi connectivity index (χ0n) is 6.83. The second kappa shape index (κ2) is 2.12. The van der Waals surface area contributed by atoms with Crippen molar-refractivity contribution in [1.29, 1.82) is 0 Å². The van der Waals surface area contributed by atoms with E-state index in [2.05, 4.69) is 48.8 Å². The van der Waals surface area contributed by atoms with Gasteiger partial charge in [-0.2, -0.15) is 0 Å². The van der Waals surface area contributed by atoms with Gasteiger partial charge in [0.05, 0.1) is 0 Å². The molecular weight excluding hydrogens is 134 g/mol. The Morgan fingerprint density at radius 2 is 1.73 bits per heavy atom. The second-order valence-corrected chi connectivity index (χ2v) is 3.06. The Morgan fingerprint density at radius 3 is 2.55 bits per heavy atom. The number of hydrogen-bond donors (Lipinski definition) is 0. The van der Waals surface area contributed by atoms with Gasteiger partial charge < -0.3 is 4.40 Å². The summed E-state index contributed by atoms with van der Waals surface area (Å²) >= 11 is 0. The molecule has 0 amide bonds. The van der Waals surface area contributed by atoms with Crippen LogP contribution in [0.1, 0.15) is 11.1 Å². The fourth-order valence-electron chi connectivity index (χ4n) is 1.36. The normalized spacial score (nSPS) is 10.7. The third-order valence-electron chi connectivity index (χ3n) is 1.88. The Hall–Kier alpha value is -1.24. The van der Waals surface area contributed by atoms with Crippen LogP contribution in [0.5, 0.6) is 0 Å². The van der Waals surface area contributed by atoms with Gasteiger partial charge in [0.2, 0.25) is 0 Å². The van der Waals surface area contributed by atoms with Crippen LogP contribution in [0.2, 0.25) is 0 Å². The molecule has 0 atom stereocenters. The van der Waals surface area contributed by atoms with E-state index in [1.807, 2.05) is 0 Å². The number of fused-ring (bicyclic) bond motifs is 1. The van der Waals surface area contributed by atoms with Crippen molar-refractivity contribution in [3.63, 3.8) is 0 Å². The largest absolute Gasteiger partial charge is 0.323 e. The number of rotatable bonds is 0. The van der Waals surface area contributed by atoms with Crippen molar-refractivity contribution < 1.29 is 0 Å². The number of nitrogens with zero attached hydrogens (tertiary/aromatic N) is 1. The Bertz CT molecular complexity index is 385. The molecule has 0 spiro atoms. The summed E-state index contributed by atoms with van der Waals surface area (Å²) < 4.78 is 2.16. The van der Waals surface area contributed by atoms with E-state index in [0.29, 0.717) is 0 Å². The first-order chi connectivity index (χ1) is 5.25. The van der Waals surface area contributed by atoms with Crippen molar-refractivity contribution in [2.75, 3.05) is 0 Å². The van der Waals surface area contributed by atoms with Crippen molar-refractivity contribution in [3.8, 4) is 0 Å². The smallest absolute Gasteiger partial charge is 0.0452 e. The van der Waals surface area contributed by atoms with E-state index >= 15 is 0 Å². The Labute approximate surface area is 66.3 Å². The molecule has 1 heteroatoms. The molecule has 2 aromatic rings. The Kier molecular flexibility index (Phi) is 1.25. The van der Waals surface area contributed by atoms with Crippen LogP contribution in [0.4, 0.5) is 0 Å². The van der Waals surface area contributed by atoms with E-state index in [1.54, 1.807) is 0 Å². The van der Waals surface area contributed by atoms with Gasteiger partial charge >= 0.3 is 0 Å². The molecule has 2 heterocycles. The molecule has 2 rings (SSSR count). The summed E-state index contributed by atoms with van der Waals surface area (Å²) in [6.07, 6.45) is 4.28. The van der Waals surface area contributed by atoms with Gasteiger partial charge in [0, 0.05) is 17.9 Å². The lowest BCUT2D eigenvalue weighted by molar-refractivity contribution is 1.16. The molecule has 0 bridgehead atoms. The number of pyridine rings is 1. The van der Waals surface area contributed by atoms with Crippen molar-refractivity contribution in [3.05, 3.63) is 41.7 Å². The van der Waals surface area contributed by atoms with Crippen LogP contribution < -0.4 is 0 Å². The highest BCUT2D eigenvalue weighted by Crippen LogP contribution is 2.09. The van der Waals surface area contributed by atoms with Crippen LogP contribution in [0.15, 0.2) is 30.6 Å². The molecule has 0 aliphatic carbocycles. The van der Waals surface area contributed by atoms with Gasteiger partial charge in [-0.15, -0.1) is 0 Å². The van der Waals surface area contributed by atoms with Gasteiger partial charge in [-0.05, 0) is 37.1 Å². The predicted molar refractivity (Wildman–Crippen MR) is 46.9 cm³/mol. The van der Waals surface area contributed by atoms with E-state index in [1.165, 1.54) is 16.6 Å². The van der Waals surface area contributed by atoms with Crippen LogP contribution in [0.25, 0.3) is 5.52 Å². The average molecular weight is 145 g/mol. The fourth-order valence-corrected chi connectivity index (χ4v) is 1.36. The summed E-state index contributed by atoms with van der Waals surface area (Å²) in [5.41, 5.74) is 3.89. The highest BCUT2D eigenvalue weighted by Gasteiger charge is 1.93. The highest BCUT2D eigenvalue weighted by molar-refractivity contribution is 5.50. The van der Waals surface area contributed by atoms with Crippen LogP contribution >= 0.6 is 0 Å². The minimum Gasteiger partial charge on any atom is -0.323 e. The zero-order valence-corrected chi connectivity index (χ0v) is 6.83. The molecule has 56 valence electrons. The van der Waals surface area contributed by atoms with Crippen LogP contribution in [-0.4, -0.2) is 4.40 Å². The molecule has 0 saturated heterocycles. The van der Waals surface area contributed by atoms with Crippen molar-refractivity contribution in [1.82, 2.24) is 4.40 Å². The fraction of sp³-hybridized carbons (Fsp3) is 0.200. The van der Waals surface area contributed by atoms with E-state index in [-0.39, 0.29) is 0 Å². The van der Waals surface area contributed by atoms with Gasteiger partial charge in [-0.25, -0.2) is 0 Å². The first-order valence-corrected chi connectivity index (χ1v) is 3.81. The van der Waals surface area contributed by atoms with E-state index < -0.39 is 0 Å². The summed E-state index contributed by atoms with van der Waals surface area (Å²) in [5.74, 6) is 0. The first-order valence-electron chi connectivity index (χ1n) is 3.81. The molecule has 0 radical (unpaired) electrons. The third-order valence-corrected chi connectivity index (χ3v) is 1.88. The zero-order chi connectivity index (χ0) is 7.84. The van der Waals surface area contributed by atoms with Gasteiger partial charge in [0.15, 0.2) is 0 Å². The molecule has 0 saturated carbocycles. The maximum Gasteiger partial charge on any atom is 0.0452 e. The Morgan fingerprint density at radius 1 is 1.00 bits per heavy atom. The van der Waals surface area contributed by atoms with Crippen LogP contribution in [0.3, 0.4) is 0 Å². The topological polar surface area (TPSA) is 4.41 Å². The van der Waals surface area contributed by atoms with Gasteiger partial charge in [0.25, 0.3) is 0 Å². The quantitative estimate of drug-likeness (QED) is 0.536. The molecule has 2 aromatic heterocycles. The van der Waals surface area contributed by atoms with Gasteiger partial charge in [0.1, 0.15) is 0 Å². The third kappa shape index (κ3) is 1.03. The van der Waals surface area contributed by atoms with E-state index in [4.69, 9.17) is 0 Å². The van der Waals surface area contributed by atoms with Gasteiger partial charge in [-0.3, -0.25) is 0 Å². The SMILES string of the molecule is Cc1ccc2cc(C)cn2c1. The maximum atomic E-state index is 2.18. The highest BCUT2D eigenvalue weighted by atomic mass is 14.8. The molecule has 0 fully saturated rings. The van der Waals surface area contributed by atoms with Crippen molar-refractivity contribution in [2.24, 2.45) is 0 Å². The van der Waals surface area contributed by atoms with E-state index in [9.17, 15) is 0 Å². The predicted octanol–water partition coefficient (Wildman–Crippen LogP) is 2.56. The standard InChI is InChI=1S/C10H11N/c1-8-3-4-10-5-9(2)7-11(10)6-8/h3-7H,1-2H3. The monoisotopic (exact) mass is 145 g/mol. The molecule has 0 aliphatic heterocycles. The lowest BCUT2D eigenvalue weighted by Gasteiger charge is -1.94. The minimum absolute atomic E-state index is 1.27. The summed E-state index contributed by atoms with van der Waals surface area (Å²) in [7, 11) is 0. The molecule has 0 N–H and O–H groups in total. The summed E-state index contributed by atoms with van der Waals surface area (Å²) in [4.78, 5) is 0. The maximum absolute atomic E-state index is 2.18. The van der Waals surface area contributed by atoms with Crippen molar-refractivity contribution >= 4 is 5.52 Å². The number of hydrogen-bond acceptors (Lipinski definition) is 0. The first kappa shape index (κ1) is 6.47. The van der Waals surface area contributed by atoms with Crippen LogP contribution in [-0.2, 0) is 0 Å². The molecule has 0 unspecified atom stereocenters. The number of aromatic nitrogens is 1. The van der Waals surface area contributed by atoms with Crippen molar-refractivity contribution in [2.45, 2.75) is 13.8 Å². The molecule has 0 aliphatic rings. The lowest BCUT2D eigenvalue weighted by atomic mass is 10.3. The van der Waals surface area contributed by atoms with Gasteiger partial charge in [-0.1, -0.05) is 6.07 Å². The average Bonchev–Trinajstić information content (AvgIpc) is 2.27. The van der Waals surface area contributed by atoms with Crippen LogP contribution in [0, 0.1) is 13.8 Å². The lowest BCUT2D eigenvalue weighted by Crippen LogP contribution is -1.81. The summed E-state index contributed by atoms with van der Waals surface area (Å²) in [6, 6.07) is 6.45. The molecular formula is C10H11N. The second-order valence-electron chi connectivity index (χ2n) is 3.06. The number of aryl methyl sites for hydroxylation is 2. The molecule has 1 nitrogen and oxygen atoms in total. The molecule has 0 aromatic carbocycles. The molecule has 11 heavy (non-hydrogen) atoms. The Balaban J connectivity index is 2.82.